The maximum absolute atomic E-state index is 5.78. The maximum Gasteiger partial charge on any atom is 0.138 e. The van der Waals surface area contributed by atoms with Crippen LogP contribution in [0.3, 0.4) is 0 Å². The summed E-state index contributed by atoms with van der Waals surface area (Å²) in [6.07, 6.45) is 0. The van der Waals surface area contributed by atoms with E-state index in [9.17, 15) is 0 Å². The molecule has 0 saturated heterocycles. The zero-order valence-electron chi connectivity index (χ0n) is 11.6. The van der Waals surface area contributed by atoms with Crippen LogP contribution in [-0.2, 0) is 7.05 Å². The maximum atomic E-state index is 5.78. The standard InChI is InChI=1S/C14H18N4S/c1-8-5-9(2)7-11(6-8)16-14-12(13(15)19)10(3)17-18(14)4/h5-7,16H,1-4H3,(H2,15,19). The molecule has 3 N–H and O–H groups in total. The number of benzene rings is 1. The Kier molecular flexibility index (Phi) is 3.57. The third-order valence-corrected chi connectivity index (χ3v) is 3.16. The highest BCUT2D eigenvalue weighted by molar-refractivity contribution is 7.80. The summed E-state index contributed by atoms with van der Waals surface area (Å²) in [6.45, 7) is 6.05. The number of aromatic nitrogens is 2. The van der Waals surface area contributed by atoms with Crippen molar-refractivity contribution in [2.24, 2.45) is 12.8 Å². The number of hydrogen-bond acceptors (Lipinski definition) is 3. The molecule has 0 bridgehead atoms. The Labute approximate surface area is 118 Å². The summed E-state index contributed by atoms with van der Waals surface area (Å²) in [7, 11) is 1.87. The lowest BCUT2D eigenvalue weighted by molar-refractivity contribution is 0.765. The van der Waals surface area contributed by atoms with Gasteiger partial charge in [-0.15, -0.1) is 0 Å². The molecule has 1 aromatic heterocycles. The molecule has 0 radical (unpaired) electrons. The van der Waals surface area contributed by atoms with E-state index in [1.54, 1.807) is 4.68 Å². The van der Waals surface area contributed by atoms with E-state index in [-0.39, 0.29) is 0 Å². The van der Waals surface area contributed by atoms with Crippen molar-refractivity contribution in [1.29, 1.82) is 0 Å². The highest BCUT2D eigenvalue weighted by atomic mass is 32.1. The van der Waals surface area contributed by atoms with Crippen LogP contribution in [-0.4, -0.2) is 14.8 Å². The highest BCUT2D eigenvalue weighted by Crippen LogP contribution is 2.24. The van der Waals surface area contributed by atoms with Crippen LogP contribution in [0.1, 0.15) is 22.4 Å². The molecular formula is C14H18N4S. The number of rotatable bonds is 3. The van der Waals surface area contributed by atoms with E-state index in [0.29, 0.717) is 4.99 Å². The Bertz CT molecular complexity index is 623. The van der Waals surface area contributed by atoms with E-state index in [4.69, 9.17) is 18.0 Å². The molecule has 1 aromatic carbocycles. The zero-order valence-corrected chi connectivity index (χ0v) is 12.4. The summed E-state index contributed by atoms with van der Waals surface area (Å²) in [5.74, 6) is 0.829. The molecule has 2 rings (SSSR count). The van der Waals surface area contributed by atoms with Crippen LogP contribution < -0.4 is 11.1 Å². The highest BCUT2D eigenvalue weighted by Gasteiger charge is 2.15. The minimum absolute atomic E-state index is 0.359. The van der Waals surface area contributed by atoms with Crippen molar-refractivity contribution in [2.45, 2.75) is 20.8 Å². The van der Waals surface area contributed by atoms with Crippen LogP contribution in [0, 0.1) is 20.8 Å². The van der Waals surface area contributed by atoms with Crippen LogP contribution in [0.15, 0.2) is 18.2 Å². The fraction of sp³-hybridized carbons (Fsp3) is 0.286. The zero-order chi connectivity index (χ0) is 14.2. The van der Waals surface area contributed by atoms with Gasteiger partial charge < -0.3 is 11.1 Å². The lowest BCUT2D eigenvalue weighted by atomic mass is 10.1. The number of nitrogens with two attached hydrogens (primary N) is 1. The van der Waals surface area contributed by atoms with Crippen molar-refractivity contribution < 1.29 is 0 Å². The number of aryl methyl sites for hydroxylation is 4. The Morgan fingerprint density at radius 1 is 1.21 bits per heavy atom. The summed E-state index contributed by atoms with van der Waals surface area (Å²) in [5.41, 5.74) is 10.8. The van der Waals surface area contributed by atoms with Gasteiger partial charge in [0.05, 0.1) is 11.3 Å². The van der Waals surface area contributed by atoms with Crippen LogP contribution >= 0.6 is 12.2 Å². The summed E-state index contributed by atoms with van der Waals surface area (Å²) >= 11 is 5.10. The molecule has 5 heteroatoms. The quantitative estimate of drug-likeness (QED) is 0.845. The topological polar surface area (TPSA) is 55.9 Å². The van der Waals surface area contributed by atoms with Gasteiger partial charge in [-0.2, -0.15) is 5.10 Å². The average Bonchev–Trinajstić information content (AvgIpc) is 2.52. The SMILES string of the molecule is Cc1cc(C)cc(Nc2c(C(N)=S)c(C)nn2C)c1. The van der Waals surface area contributed by atoms with Crippen molar-refractivity contribution in [3.8, 4) is 0 Å². The van der Waals surface area contributed by atoms with E-state index < -0.39 is 0 Å². The van der Waals surface area contributed by atoms with Crippen LogP contribution in [0.4, 0.5) is 11.5 Å². The van der Waals surface area contributed by atoms with Crippen LogP contribution in [0.2, 0.25) is 0 Å². The van der Waals surface area contributed by atoms with Crippen molar-refractivity contribution >= 4 is 28.7 Å². The van der Waals surface area contributed by atoms with Gasteiger partial charge in [-0.1, -0.05) is 18.3 Å². The molecule has 0 amide bonds. The van der Waals surface area contributed by atoms with Crippen LogP contribution in [0.5, 0.6) is 0 Å². The van der Waals surface area contributed by atoms with Gasteiger partial charge in [0.25, 0.3) is 0 Å². The first-order chi connectivity index (χ1) is 8.88. The molecule has 0 unspecified atom stereocenters. The van der Waals surface area contributed by atoms with Crippen molar-refractivity contribution in [2.75, 3.05) is 5.32 Å². The average molecular weight is 274 g/mol. The summed E-state index contributed by atoms with van der Waals surface area (Å²) < 4.78 is 1.77. The molecule has 0 fully saturated rings. The molecule has 19 heavy (non-hydrogen) atoms. The van der Waals surface area contributed by atoms with Crippen molar-refractivity contribution in [3.63, 3.8) is 0 Å². The van der Waals surface area contributed by atoms with E-state index in [2.05, 4.69) is 42.5 Å². The minimum atomic E-state index is 0.359. The second kappa shape index (κ2) is 5.01. The first-order valence-electron chi connectivity index (χ1n) is 6.07. The lowest BCUT2D eigenvalue weighted by Crippen LogP contribution is -2.13. The lowest BCUT2D eigenvalue weighted by Gasteiger charge is -2.11. The van der Waals surface area contributed by atoms with E-state index in [1.165, 1.54) is 11.1 Å². The second-order valence-corrected chi connectivity index (χ2v) is 5.24. The Morgan fingerprint density at radius 2 is 1.79 bits per heavy atom. The molecule has 0 aliphatic carbocycles. The third-order valence-electron chi connectivity index (χ3n) is 2.95. The van der Waals surface area contributed by atoms with Gasteiger partial charge in [0.2, 0.25) is 0 Å². The second-order valence-electron chi connectivity index (χ2n) is 4.80. The molecule has 100 valence electrons. The summed E-state index contributed by atoms with van der Waals surface area (Å²) in [6, 6.07) is 6.30. The van der Waals surface area contributed by atoms with Gasteiger partial charge in [0.1, 0.15) is 10.8 Å². The van der Waals surface area contributed by atoms with Gasteiger partial charge in [0.15, 0.2) is 0 Å². The largest absolute Gasteiger partial charge is 0.389 e. The molecule has 0 aliphatic rings. The molecule has 1 heterocycles. The first kappa shape index (κ1) is 13.5. The Balaban J connectivity index is 2.46. The molecule has 2 aromatic rings. The van der Waals surface area contributed by atoms with Gasteiger partial charge >= 0.3 is 0 Å². The van der Waals surface area contributed by atoms with E-state index in [1.807, 2.05) is 14.0 Å². The van der Waals surface area contributed by atoms with Crippen molar-refractivity contribution in [1.82, 2.24) is 9.78 Å². The van der Waals surface area contributed by atoms with Gasteiger partial charge in [-0.3, -0.25) is 4.68 Å². The Morgan fingerprint density at radius 3 is 2.32 bits per heavy atom. The summed E-state index contributed by atoms with van der Waals surface area (Å²) in [4.78, 5) is 0.359. The first-order valence-corrected chi connectivity index (χ1v) is 6.48. The normalized spacial score (nSPS) is 10.5. The van der Waals surface area contributed by atoms with E-state index >= 15 is 0 Å². The van der Waals surface area contributed by atoms with Gasteiger partial charge in [0, 0.05) is 12.7 Å². The molecule has 0 aliphatic heterocycles. The molecular weight excluding hydrogens is 256 g/mol. The minimum Gasteiger partial charge on any atom is -0.389 e. The number of nitrogens with zero attached hydrogens (tertiary/aromatic N) is 2. The van der Waals surface area contributed by atoms with E-state index in [0.717, 1.165) is 22.8 Å². The van der Waals surface area contributed by atoms with Crippen LogP contribution in [0.25, 0.3) is 0 Å². The molecule has 0 atom stereocenters. The molecule has 4 nitrogen and oxygen atoms in total. The number of thiocarbonyl (C=S) groups is 1. The Hall–Kier alpha value is -1.88. The predicted octanol–water partition coefficient (Wildman–Crippen LogP) is 2.72. The van der Waals surface area contributed by atoms with Gasteiger partial charge in [-0.05, 0) is 44.0 Å². The van der Waals surface area contributed by atoms with Crippen molar-refractivity contribution in [3.05, 3.63) is 40.6 Å². The fourth-order valence-corrected chi connectivity index (χ4v) is 2.52. The number of hydrogen-bond donors (Lipinski definition) is 2. The summed E-state index contributed by atoms with van der Waals surface area (Å²) in [5, 5.41) is 7.72. The number of nitrogens with one attached hydrogen (secondary N) is 1. The number of anilines is 2. The predicted molar refractivity (Wildman–Crippen MR) is 83.0 cm³/mol. The smallest absolute Gasteiger partial charge is 0.138 e. The molecule has 0 spiro atoms. The van der Waals surface area contributed by atoms with Gasteiger partial charge in [-0.25, -0.2) is 0 Å². The molecule has 0 saturated carbocycles. The monoisotopic (exact) mass is 274 g/mol. The third kappa shape index (κ3) is 2.76. The fourth-order valence-electron chi connectivity index (χ4n) is 2.28.